The summed E-state index contributed by atoms with van der Waals surface area (Å²) < 4.78 is 21.9. The van der Waals surface area contributed by atoms with Crippen LogP contribution in [0.15, 0.2) is 66.4 Å². The molecule has 0 saturated heterocycles. The molecule has 0 saturated carbocycles. The minimum absolute atomic E-state index is 0.153. The van der Waals surface area contributed by atoms with Gasteiger partial charge in [0.25, 0.3) is 0 Å². The van der Waals surface area contributed by atoms with Gasteiger partial charge in [0.2, 0.25) is 5.78 Å². The summed E-state index contributed by atoms with van der Waals surface area (Å²) in [5.74, 6) is 1.70. The van der Waals surface area contributed by atoms with E-state index in [4.69, 9.17) is 30.5 Å². The summed E-state index contributed by atoms with van der Waals surface area (Å²) in [4.78, 5) is 25.0. The van der Waals surface area contributed by atoms with E-state index in [1.54, 1.807) is 73.8 Å². The van der Waals surface area contributed by atoms with Crippen LogP contribution in [0.1, 0.15) is 26.3 Å². The Morgan fingerprint density at radius 3 is 2.44 bits per heavy atom. The van der Waals surface area contributed by atoms with Crippen LogP contribution in [0.25, 0.3) is 6.08 Å². The summed E-state index contributed by atoms with van der Waals surface area (Å²) in [6.45, 7) is -0.153. The average molecular weight is 451 g/mol. The van der Waals surface area contributed by atoms with Gasteiger partial charge >= 0.3 is 0 Å². The summed E-state index contributed by atoms with van der Waals surface area (Å²) in [5.41, 5.74) is 1.59. The van der Waals surface area contributed by atoms with E-state index in [9.17, 15) is 9.59 Å². The second kappa shape index (κ2) is 9.16. The van der Waals surface area contributed by atoms with Crippen molar-refractivity contribution < 1.29 is 28.5 Å². The van der Waals surface area contributed by atoms with Crippen LogP contribution in [-0.2, 0) is 0 Å². The maximum Gasteiger partial charge on any atom is 0.231 e. The van der Waals surface area contributed by atoms with Gasteiger partial charge in [-0.2, -0.15) is 0 Å². The van der Waals surface area contributed by atoms with Crippen molar-refractivity contribution in [2.24, 2.45) is 0 Å². The number of fused-ring (bicyclic) bond motifs is 1. The first-order valence-electron chi connectivity index (χ1n) is 9.70. The van der Waals surface area contributed by atoms with Crippen molar-refractivity contribution >= 4 is 29.2 Å². The van der Waals surface area contributed by atoms with Gasteiger partial charge in [-0.1, -0.05) is 11.6 Å². The van der Waals surface area contributed by atoms with Gasteiger partial charge < -0.3 is 18.9 Å². The average Bonchev–Trinajstić information content (AvgIpc) is 3.12. The SMILES string of the molecule is COc1ccc(C=C2Oc3cc(OCC(=O)c4ccc(Cl)cc4)ccc3C2=O)c(OC)c1. The number of allylic oxidation sites excluding steroid dienone is 1. The number of carbonyl (C=O) groups excluding carboxylic acids is 2. The Morgan fingerprint density at radius 2 is 1.72 bits per heavy atom. The Bertz CT molecular complexity index is 1210. The molecule has 0 atom stereocenters. The molecule has 32 heavy (non-hydrogen) atoms. The zero-order chi connectivity index (χ0) is 22.7. The molecule has 6 nitrogen and oxygen atoms in total. The van der Waals surface area contributed by atoms with Crippen LogP contribution in [-0.4, -0.2) is 32.4 Å². The van der Waals surface area contributed by atoms with Crippen LogP contribution in [0.4, 0.5) is 0 Å². The maximum atomic E-state index is 12.7. The first kappa shape index (κ1) is 21.5. The minimum Gasteiger partial charge on any atom is -0.497 e. The summed E-state index contributed by atoms with van der Waals surface area (Å²) in [6, 6.07) is 16.7. The van der Waals surface area contributed by atoms with Crippen molar-refractivity contribution in [3.8, 4) is 23.0 Å². The van der Waals surface area contributed by atoms with Crippen LogP contribution < -0.4 is 18.9 Å². The van der Waals surface area contributed by atoms with Gasteiger partial charge in [-0.3, -0.25) is 9.59 Å². The summed E-state index contributed by atoms with van der Waals surface area (Å²) >= 11 is 5.85. The third kappa shape index (κ3) is 4.45. The van der Waals surface area contributed by atoms with E-state index < -0.39 is 0 Å². The minimum atomic E-state index is -0.248. The van der Waals surface area contributed by atoms with Crippen molar-refractivity contribution in [1.29, 1.82) is 0 Å². The van der Waals surface area contributed by atoms with E-state index in [2.05, 4.69) is 0 Å². The molecule has 0 fully saturated rings. The molecule has 0 N–H and O–H groups in total. The fourth-order valence-electron chi connectivity index (χ4n) is 3.20. The van der Waals surface area contributed by atoms with Crippen LogP contribution in [0.2, 0.25) is 5.02 Å². The normalized spacial score (nSPS) is 13.5. The molecule has 3 aromatic carbocycles. The molecule has 7 heteroatoms. The molecule has 1 aliphatic rings. The van der Waals surface area contributed by atoms with Gasteiger partial charge in [0.15, 0.2) is 18.1 Å². The van der Waals surface area contributed by atoms with E-state index in [1.807, 2.05) is 0 Å². The molecule has 1 aliphatic heterocycles. The third-order valence-corrected chi connectivity index (χ3v) is 5.16. The summed E-state index contributed by atoms with van der Waals surface area (Å²) in [6.07, 6.45) is 1.62. The summed E-state index contributed by atoms with van der Waals surface area (Å²) in [5, 5.41) is 0.555. The van der Waals surface area contributed by atoms with E-state index in [-0.39, 0.29) is 23.9 Å². The molecule has 0 aliphatic carbocycles. The number of methoxy groups -OCH3 is 2. The lowest BCUT2D eigenvalue weighted by Crippen LogP contribution is -2.11. The number of rotatable bonds is 7. The summed E-state index contributed by atoms with van der Waals surface area (Å²) in [7, 11) is 3.10. The fraction of sp³-hybridized carbons (Fsp3) is 0.120. The highest BCUT2D eigenvalue weighted by atomic mass is 35.5. The van der Waals surface area contributed by atoms with E-state index in [0.29, 0.717) is 44.7 Å². The molecular weight excluding hydrogens is 432 g/mol. The van der Waals surface area contributed by atoms with Crippen LogP contribution in [0.3, 0.4) is 0 Å². The number of Topliss-reactive ketones (excluding diaryl/α,β-unsaturated/α-hetero) is 2. The maximum absolute atomic E-state index is 12.7. The van der Waals surface area contributed by atoms with Crippen molar-refractivity contribution in [1.82, 2.24) is 0 Å². The van der Waals surface area contributed by atoms with Gasteiger partial charge in [-0.05, 0) is 54.6 Å². The molecule has 4 rings (SSSR count). The molecule has 0 bridgehead atoms. The largest absolute Gasteiger partial charge is 0.497 e. The molecule has 0 aromatic heterocycles. The highest BCUT2D eigenvalue weighted by Gasteiger charge is 2.28. The molecule has 0 spiro atoms. The first-order valence-corrected chi connectivity index (χ1v) is 10.1. The predicted molar refractivity (Wildman–Crippen MR) is 120 cm³/mol. The highest BCUT2D eigenvalue weighted by Crippen LogP contribution is 2.36. The Morgan fingerprint density at radius 1 is 0.969 bits per heavy atom. The molecule has 1 heterocycles. The Kier molecular flexibility index (Phi) is 6.14. The zero-order valence-corrected chi connectivity index (χ0v) is 18.1. The lowest BCUT2D eigenvalue weighted by Gasteiger charge is -2.08. The third-order valence-electron chi connectivity index (χ3n) is 4.90. The van der Waals surface area contributed by atoms with E-state index in [0.717, 1.165) is 0 Å². The number of hydrogen-bond acceptors (Lipinski definition) is 6. The molecular formula is C25H19ClO6. The first-order chi connectivity index (χ1) is 15.5. The van der Waals surface area contributed by atoms with Crippen molar-refractivity contribution in [3.63, 3.8) is 0 Å². The Balaban J connectivity index is 1.49. The smallest absolute Gasteiger partial charge is 0.231 e. The van der Waals surface area contributed by atoms with Crippen molar-refractivity contribution in [2.75, 3.05) is 20.8 Å². The predicted octanol–water partition coefficient (Wildman–Crippen LogP) is 5.24. The molecule has 162 valence electrons. The molecule has 0 amide bonds. The Labute approximate surface area is 189 Å². The van der Waals surface area contributed by atoms with Gasteiger partial charge in [-0.25, -0.2) is 0 Å². The number of carbonyl (C=O) groups is 2. The van der Waals surface area contributed by atoms with Crippen molar-refractivity contribution in [3.05, 3.63) is 88.1 Å². The van der Waals surface area contributed by atoms with Crippen LogP contribution >= 0.6 is 11.6 Å². The second-order valence-electron chi connectivity index (χ2n) is 6.92. The number of ketones is 2. The lowest BCUT2D eigenvalue weighted by atomic mass is 10.1. The lowest BCUT2D eigenvalue weighted by molar-refractivity contribution is 0.0921. The Hall–Kier alpha value is -3.77. The van der Waals surface area contributed by atoms with E-state index in [1.165, 1.54) is 7.11 Å². The molecule has 0 unspecified atom stereocenters. The van der Waals surface area contributed by atoms with Gasteiger partial charge in [-0.15, -0.1) is 0 Å². The van der Waals surface area contributed by atoms with Gasteiger partial charge in [0.05, 0.1) is 19.8 Å². The number of hydrogen-bond donors (Lipinski definition) is 0. The van der Waals surface area contributed by atoms with Gasteiger partial charge in [0.1, 0.15) is 23.0 Å². The quantitative estimate of drug-likeness (QED) is 0.362. The van der Waals surface area contributed by atoms with Crippen LogP contribution in [0.5, 0.6) is 23.0 Å². The standard InChI is InChI=1S/C25H19ClO6/c1-29-18-8-5-16(22(12-18)30-2)11-24-25(28)20-10-9-19(13-23(20)32-24)31-14-21(27)15-3-6-17(26)7-4-15/h3-13H,14H2,1-2H3. The molecule has 0 radical (unpaired) electrons. The van der Waals surface area contributed by atoms with Crippen molar-refractivity contribution in [2.45, 2.75) is 0 Å². The highest BCUT2D eigenvalue weighted by molar-refractivity contribution is 6.30. The molecule has 3 aromatic rings. The number of ether oxygens (including phenoxy) is 4. The fourth-order valence-corrected chi connectivity index (χ4v) is 3.33. The number of benzene rings is 3. The van der Waals surface area contributed by atoms with Gasteiger partial charge in [0, 0.05) is 28.3 Å². The monoisotopic (exact) mass is 450 g/mol. The zero-order valence-electron chi connectivity index (χ0n) is 17.4. The van der Waals surface area contributed by atoms with Crippen LogP contribution in [0, 0.1) is 0 Å². The number of halogens is 1. The van der Waals surface area contributed by atoms with E-state index >= 15 is 0 Å². The topological polar surface area (TPSA) is 71.1 Å². The second-order valence-corrected chi connectivity index (χ2v) is 7.36.